The number of hydrogen-bond donors (Lipinski definition) is 2. The molecule has 0 radical (unpaired) electrons. The quantitative estimate of drug-likeness (QED) is 0.841. The van der Waals surface area contributed by atoms with Crippen molar-refractivity contribution in [2.75, 3.05) is 19.6 Å². The van der Waals surface area contributed by atoms with E-state index in [2.05, 4.69) is 10.6 Å². The van der Waals surface area contributed by atoms with Gasteiger partial charge >= 0.3 is 0 Å². The van der Waals surface area contributed by atoms with Crippen LogP contribution >= 0.6 is 12.4 Å². The van der Waals surface area contributed by atoms with Crippen molar-refractivity contribution in [3.63, 3.8) is 0 Å². The highest BCUT2D eigenvalue weighted by Gasteiger charge is 2.19. The zero-order valence-corrected chi connectivity index (χ0v) is 11.3. The molecule has 0 spiro atoms. The van der Waals surface area contributed by atoms with Crippen LogP contribution in [0.15, 0.2) is 23.8 Å². The standard InChI is InChI=1S/C13H13F3N2O.ClH/c14-9-5-10(15)12(11(16)6-9)13(19)18-7-8-1-3-17-4-2-8;/h1,5-6,17H,2-4,7H2,(H,18,19);1H. The molecule has 20 heavy (non-hydrogen) atoms. The number of benzene rings is 1. The van der Waals surface area contributed by atoms with Crippen LogP contribution in [0.3, 0.4) is 0 Å². The van der Waals surface area contributed by atoms with Gasteiger partial charge < -0.3 is 10.6 Å². The summed E-state index contributed by atoms with van der Waals surface area (Å²) in [7, 11) is 0. The predicted molar refractivity (Wildman–Crippen MR) is 71.5 cm³/mol. The van der Waals surface area contributed by atoms with E-state index in [1.54, 1.807) is 0 Å². The van der Waals surface area contributed by atoms with Crippen molar-refractivity contribution in [1.29, 1.82) is 0 Å². The van der Waals surface area contributed by atoms with Gasteiger partial charge in [-0.2, -0.15) is 0 Å². The number of amides is 1. The van der Waals surface area contributed by atoms with Gasteiger partial charge in [0.1, 0.15) is 23.0 Å². The fourth-order valence-electron chi connectivity index (χ4n) is 1.87. The normalized spacial score (nSPS) is 14.2. The lowest BCUT2D eigenvalue weighted by Gasteiger charge is -2.14. The van der Waals surface area contributed by atoms with Crippen LogP contribution in [-0.4, -0.2) is 25.5 Å². The van der Waals surface area contributed by atoms with Gasteiger partial charge in [0.2, 0.25) is 0 Å². The maximum atomic E-state index is 13.4. The van der Waals surface area contributed by atoms with Gasteiger partial charge in [-0.05, 0) is 13.0 Å². The van der Waals surface area contributed by atoms with E-state index in [1.807, 2.05) is 6.08 Å². The Balaban J connectivity index is 0.00000200. The summed E-state index contributed by atoms with van der Waals surface area (Å²) in [6, 6.07) is 0.976. The Kier molecular flexibility index (Phi) is 6.04. The molecule has 2 N–H and O–H groups in total. The zero-order valence-electron chi connectivity index (χ0n) is 10.5. The smallest absolute Gasteiger partial charge is 0.257 e. The molecule has 0 aliphatic carbocycles. The van der Waals surface area contributed by atoms with Crippen molar-refractivity contribution < 1.29 is 18.0 Å². The summed E-state index contributed by atoms with van der Waals surface area (Å²) in [5, 5.41) is 5.54. The maximum absolute atomic E-state index is 13.4. The number of carbonyl (C=O) groups is 1. The molecule has 0 bridgehead atoms. The fourth-order valence-corrected chi connectivity index (χ4v) is 1.87. The molecule has 1 amide bonds. The molecular weight excluding hydrogens is 293 g/mol. The molecule has 7 heteroatoms. The minimum absolute atomic E-state index is 0. The first-order valence-electron chi connectivity index (χ1n) is 5.89. The van der Waals surface area contributed by atoms with Gasteiger partial charge in [-0.25, -0.2) is 13.2 Å². The molecule has 2 rings (SSSR count). The van der Waals surface area contributed by atoms with E-state index in [1.165, 1.54) is 0 Å². The molecule has 1 aliphatic heterocycles. The average molecular weight is 307 g/mol. The van der Waals surface area contributed by atoms with E-state index in [0.29, 0.717) is 18.7 Å². The first-order chi connectivity index (χ1) is 9.08. The molecule has 0 saturated heterocycles. The Morgan fingerprint density at radius 1 is 1.25 bits per heavy atom. The Morgan fingerprint density at radius 2 is 1.90 bits per heavy atom. The molecule has 1 heterocycles. The lowest BCUT2D eigenvalue weighted by Crippen LogP contribution is -2.30. The monoisotopic (exact) mass is 306 g/mol. The van der Waals surface area contributed by atoms with Crippen LogP contribution in [-0.2, 0) is 0 Å². The summed E-state index contributed by atoms with van der Waals surface area (Å²) in [5.41, 5.74) is 0.242. The number of hydrogen-bond acceptors (Lipinski definition) is 2. The largest absolute Gasteiger partial charge is 0.348 e. The third-order valence-electron chi connectivity index (χ3n) is 2.87. The summed E-state index contributed by atoms with van der Waals surface area (Å²) in [6.07, 6.45) is 2.69. The second-order valence-corrected chi connectivity index (χ2v) is 4.24. The van der Waals surface area contributed by atoms with Gasteiger partial charge in [-0.3, -0.25) is 4.79 Å². The minimum atomic E-state index is -1.20. The Morgan fingerprint density at radius 3 is 2.45 bits per heavy atom. The molecular formula is C13H14ClF3N2O. The van der Waals surface area contributed by atoms with Crippen LogP contribution < -0.4 is 10.6 Å². The molecule has 1 aromatic rings. The molecule has 1 aromatic carbocycles. The topological polar surface area (TPSA) is 41.1 Å². The molecule has 0 aromatic heterocycles. The van der Waals surface area contributed by atoms with Crippen molar-refractivity contribution in [3.8, 4) is 0 Å². The third kappa shape index (κ3) is 3.98. The van der Waals surface area contributed by atoms with E-state index >= 15 is 0 Å². The molecule has 0 fully saturated rings. The lowest BCUT2D eigenvalue weighted by molar-refractivity contribution is 0.0948. The highest BCUT2D eigenvalue weighted by Crippen LogP contribution is 2.14. The number of nitrogens with one attached hydrogen (secondary N) is 2. The summed E-state index contributed by atoms with van der Waals surface area (Å²) in [4.78, 5) is 11.7. The molecule has 3 nitrogen and oxygen atoms in total. The zero-order chi connectivity index (χ0) is 13.8. The molecule has 0 unspecified atom stereocenters. The molecule has 0 atom stereocenters. The van der Waals surface area contributed by atoms with Crippen molar-refractivity contribution in [2.24, 2.45) is 0 Å². The van der Waals surface area contributed by atoms with E-state index < -0.39 is 28.9 Å². The number of rotatable bonds is 3. The van der Waals surface area contributed by atoms with Crippen LogP contribution in [0.4, 0.5) is 13.2 Å². The van der Waals surface area contributed by atoms with Crippen molar-refractivity contribution in [3.05, 3.63) is 46.8 Å². The van der Waals surface area contributed by atoms with Crippen LogP contribution in [0, 0.1) is 17.5 Å². The maximum Gasteiger partial charge on any atom is 0.257 e. The highest BCUT2D eigenvalue weighted by molar-refractivity contribution is 5.94. The van der Waals surface area contributed by atoms with Gasteiger partial charge in [-0.1, -0.05) is 11.6 Å². The Labute approximate surface area is 120 Å². The Hall–Kier alpha value is -1.53. The van der Waals surface area contributed by atoms with Crippen molar-refractivity contribution in [1.82, 2.24) is 10.6 Å². The summed E-state index contributed by atoms with van der Waals surface area (Å²) in [5.74, 6) is -4.33. The summed E-state index contributed by atoms with van der Waals surface area (Å²) >= 11 is 0. The van der Waals surface area contributed by atoms with E-state index in [4.69, 9.17) is 0 Å². The predicted octanol–water partition coefficient (Wildman–Crippen LogP) is 2.18. The minimum Gasteiger partial charge on any atom is -0.348 e. The molecule has 0 saturated carbocycles. The number of halogens is 4. The first kappa shape index (κ1) is 16.5. The lowest BCUT2D eigenvalue weighted by atomic mass is 10.1. The molecule has 110 valence electrons. The first-order valence-corrected chi connectivity index (χ1v) is 5.89. The van der Waals surface area contributed by atoms with Crippen molar-refractivity contribution in [2.45, 2.75) is 6.42 Å². The van der Waals surface area contributed by atoms with Crippen molar-refractivity contribution >= 4 is 18.3 Å². The fraction of sp³-hybridized carbons (Fsp3) is 0.308. The van der Waals surface area contributed by atoms with Gasteiger partial charge in [0.25, 0.3) is 5.91 Å². The SMILES string of the molecule is Cl.O=C(NCC1=CCNCC1)c1c(F)cc(F)cc1F. The summed E-state index contributed by atoms with van der Waals surface area (Å²) < 4.78 is 39.4. The van der Waals surface area contributed by atoms with Gasteiger partial charge in [0, 0.05) is 25.2 Å². The second kappa shape index (κ2) is 7.31. The van der Waals surface area contributed by atoms with Gasteiger partial charge in [-0.15, -0.1) is 12.4 Å². The number of carbonyl (C=O) groups excluding carboxylic acids is 1. The molecule has 1 aliphatic rings. The van der Waals surface area contributed by atoms with E-state index in [0.717, 1.165) is 18.5 Å². The van der Waals surface area contributed by atoms with E-state index in [-0.39, 0.29) is 19.0 Å². The van der Waals surface area contributed by atoms with Crippen LogP contribution in [0.5, 0.6) is 0 Å². The van der Waals surface area contributed by atoms with Crippen LogP contribution in [0.2, 0.25) is 0 Å². The van der Waals surface area contributed by atoms with Gasteiger partial charge in [0.05, 0.1) is 0 Å². The Bertz CT molecular complexity index is 511. The van der Waals surface area contributed by atoms with Crippen LogP contribution in [0.25, 0.3) is 0 Å². The second-order valence-electron chi connectivity index (χ2n) is 4.24. The van der Waals surface area contributed by atoms with Crippen LogP contribution in [0.1, 0.15) is 16.8 Å². The highest BCUT2D eigenvalue weighted by atomic mass is 35.5. The van der Waals surface area contributed by atoms with E-state index in [9.17, 15) is 18.0 Å². The average Bonchev–Trinajstić information content (AvgIpc) is 2.36. The summed E-state index contributed by atoms with van der Waals surface area (Å²) in [6.45, 7) is 1.75. The third-order valence-corrected chi connectivity index (χ3v) is 2.87. The van der Waals surface area contributed by atoms with Gasteiger partial charge in [0.15, 0.2) is 0 Å².